The van der Waals surface area contributed by atoms with Gasteiger partial charge in [0.15, 0.2) is 0 Å². The molecular weight excluding hydrogens is 478 g/mol. The van der Waals surface area contributed by atoms with E-state index in [1.165, 1.54) is 18.6 Å². The van der Waals surface area contributed by atoms with Crippen LogP contribution in [-0.4, -0.2) is 48.6 Å². The molecule has 6 heterocycles. The van der Waals surface area contributed by atoms with Gasteiger partial charge in [-0.15, -0.1) is 0 Å². The molecule has 6 rings (SSSR count). The zero-order valence-corrected chi connectivity index (χ0v) is 19.7. The van der Waals surface area contributed by atoms with Gasteiger partial charge in [0.1, 0.15) is 18.0 Å². The summed E-state index contributed by atoms with van der Waals surface area (Å²) in [4.78, 5) is 11.0. The van der Waals surface area contributed by atoms with Crippen LogP contribution >= 0.6 is 0 Å². The SMILES string of the molecule is Cc1ccc(OC2CN(c3ccc(-c4cc(-c5cnn(C(F)F)c5)cn5ncc(C#N)c45)cn3)C2)nc1. The van der Waals surface area contributed by atoms with Gasteiger partial charge >= 0.3 is 6.55 Å². The molecule has 0 unspecified atom stereocenters. The molecule has 5 aromatic heterocycles. The fourth-order valence-corrected chi connectivity index (χ4v) is 4.30. The average molecular weight is 498 g/mol. The molecule has 0 aliphatic carbocycles. The van der Waals surface area contributed by atoms with Gasteiger partial charge in [-0.3, -0.25) is 0 Å². The molecule has 184 valence electrons. The molecule has 37 heavy (non-hydrogen) atoms. The van der Waals surface area contributed by atoms with Crippen molar-refractivity contribution in [2.75, 3.05) is 18.0 Å². The number of ether oxygens (including phenoxy) is 1. The van der Waals surface area contributed by atoms with Crippen LogP contribution in [0.25, 0.3) is 27.8 Å². The number of nitrogens with zero attached hydrogens (tertiary/aromatic N) is 8. The van der Waals surface area contributed by atoms with E-state index in [0.29, 0.717) is 51.4 Å². The molecule has 0 saturated carbocycles. The van der Waals surface area contributed by atoms with Crippen molar-refractivity contribution in [3.8, 4) is 34.2 Å². The fraction of sp³-hybridized carbons (Fsp3) is 0.192. The molecule has 1 aliphatic heterocycles. The highest BCUT2D eigenvalue weighted by Gasteiger charge is 2.30. The largest absolute Gasteiger partial charge is 0.471 e. The number of rotatable bonds is 6. The highest BCUT2D eigenvalue weighted by molar-refractivity contribution is 5.87. The zero-order chi connectivity index (χ0) is 25.5. The maximum Gasteiger partial charge on any atom is 0.333 e. The van der Waals surface area contributed by atoms with E-state index in [4.69, 9.17) is 4.74 Å². The number of halogens is 2. The highest BCUT2D eigenvalue weighted by Crippen LogP contribution is 2.33. The minimum Gasteiger partial charge on any atom is -0.471 e. The number of aromatic nitrogens is 6. The average Bonchev–Trinajstić information content (AvgIpc) is 3.54. The van der Waals surface area contributed by atoms with Crippen molar-refractivity contribution < 1.29 is 13.5 Å². The first-order valence-corrected chi connectivity index (χ1v) is 11.5. The Morgan fingerprint density at radius 3 is 2.51 bits per heavy atom. The Balaban J connectivity index is 1.26. The molecule has 9 nitrogen and oxygen atoms in total. The minimum atomic E-state index is -2.73. The zero-order valence-electron chi connectivity index (χ0n) is 19.7. The highest BCUT2D eigenvalue weighted by atomic mass is 19.3. The lowest BCUT2D eigenvalue weighted by Gasteiger charge is -2.39. The van der Waals surface area contributed by atoms with Crippen molar-refractivity contribution in [1.82, 2.24) is 29.4 Å². The maximum atomic E-state index is 13.1. The summed E-state index contributed by atoms with van der Waals surface area (Å²) in [5.41, 5.74) is 4.73. The Labute approximate surface area is 210 Å². The van der Waals surface area contributed by atoms with Crippen molar-refractivity contribution in [2.45, 2.75) is 19.6 Å². The first-order chi connectivity index (χ1) is 18.0. The van der Waals surface area contributed by atoms with Gasteiger partial charge in [0.05, 0.1) is 36.6 Å². The molecule has 11 heteroatoms. The van der Waals surface area contributed by atoms with E-state index >= 15 is 0 Å². The van der Waals surface area contributed by atoms with Crippen LogP contribution in [0.1, 0.15) is 17.7 Å². The number of anilines is 1. The molecule has 0 radical (unpaired) electrons. The summed E-state index contributed by atoms with van der Waals surface area (Å²) in [6.07, 6.45) is 9.38. The molecule has 1 aliphatic rings. The van der Waals surface area contributed by atoms with Crippen LogP contribution in [0.3, 0.4) is 0 Å². The smallest absolute Gasteiger partial charge is 0.333 e. The van der Waals surface area contributed by atoms with Crippen LogP contribution in [-0.2, 0) is 0 Å². The second-order valence-electron chi connectivity index (χ2n) is 8.82. The number of fused-ring (bicyclic) bond motifs is 1. The maximum absolute atomic E-state index is 13.1. The topological polar surface area (TPSA) is 97.2 Å². The number of hydrogen-bond acceptors (Lipinski definition) is 7. The van der Waals surface area contributed by atoms with Gasteiger partial charge in [0, 0.05) is 53.1 Å². The van der Waals surface area contributed by atoms with Gasteiger partial charge in [0.25, 0.3) is 0 Å². The standard InChI is InChI=1S/C26H20F2N8O/c1-16-2-5-24(31-8-16)37-21-14-34(15-21)23-4-3-17(9-30-23)22-6-18(20-11-33-36(13-20)26(27)28)12-35-25(22)19(7-29)10-32-35/h2-6,8-13,21,26H,14-15H2,1H3. The molecule has 1 fully saturated rings. The van der Waals surface area contributed by atoms with Gasteiger partial charge in [-0.05, 0) is 30.7 Å². The van der Waals surface area contributed by atoms with E-state index in [-0.39, 0.29) is 6.10 Å². The lowest BCUT2D eigenvalue weighted by molar-refractivity contribution is 0.0566. The predicted molar refractivity (Wildman–Crippen MR) is 131 cm³/mol. The third-order valence-electron chi connectivity index (χ3n) is 6.27. The number of pyridine rings is 3. The Kier molecular flexibility index (Phi) is 5.49. The summed E-state index contributed by atoms with van der Waals surface area (Å²) in [6.45, 7) is 0.630. The lowest BCUT2D eigenvalue weighted by atomic mass is 10.0. The van der Waals surface area contributed by atoms with Crippen LogP contribution in [0.15, 0.2) is 67.5 Å². The summed E-state index contributed by atoms with van der Waals surface area (Å²) in [5, 5.41) is 17.6. The van der Waals surface area contributed by atoms with Gasteiger partial charge < -0.3 is 9.64 Å². The number of aryl methyl sites for hydroxylation is 1. The van der Waals surface area contributed by atoms with Gasteiger partial charge in [-0.25, -0.2) is 19.2 Å². The fourth-order valence-electron chi connectivity index (χ4n) is 4.30. The number of nitriles is 1. The third kappa shape index (κ3) is 4.23. The minimum absolute atomic E-state index is 0.0344. The third-order valence-corrected chi connectivity index (χ3v) is 6.27. The second kappa shape index (κ2) is 8.98. The first kappa shape index (κ1) is 22.6. The Hall–Kier alpha value is -4.85. The summed E-state index contributed by atoms with van der Waals surface area (Å²) in [7, 11) is 0. The summed E-state index contributed by atoms with van der Waals surface area (Å²) < 4.78 is 34.2. The molecule has 0 aromatic carbocycles. The Bertz CT molecular complexity index is 1610. The van der Waals surface area contributed by atoms with Crippen molar-refractivity contribution >= 4 is 11.3 Å². The van der Waals surface area contributed by atoms with Crippen LogP contribution < -0.4 is 9.64 Å². The van der Waals surface area contributed by atoms with E-state index in [1.807, 2.05) is 37.3 Å². The molecule has 1 saturated heterocycles. The van der Waals surface area contributed by atoms with Crippen LogP contribution in [0.4, 0.5) is 14.6 Å². The Morgan fingerprint density at radius 2 is 1.84 bits per heavy atom. The predicted octanol–water partition coefficient (Wildman–Crippen LogP) is 4.50. The van der Waals surface area contributed by atoms with Crippen LogP contribution in [0.5, 0.6) is 5.88 Å². The monoisotopic (exact) mass is 498 g/mol. The molecule has 0 spiro atoms. The molecule has 0 bridgehead atoms. The summed E-state index contributed by atoms with van der Waals surface area (Å²) in [6, 6.07) is 11.7. The van der Waals surface area contributed by atoms with Crippen molar-refractivity contribution in [3.05, 3.63) is 78.6 Å². The summed E-state index contributed by atoms with van der Waals surface area (Å²) in [5.74, 6) is 1.41. The van der Waals surface area contributed by atoms with Gasteiger partial charge in [-0.1, -0.05) is 6.07 Å². The first-order valence-electron chi connectivity index (χ1n) is 11.5. The molecule has 5 aromatic rings. The Morgan fingerprint density at radius 1 is 0.973 bits per heavy atom. The van der Waals surface area contributed by atoms with Crippen molar-refractivity contribution in [1.29, 1.82) is 5.26 Å². The van der Waals surface area contributed by atoms with Gasteiger partial charge in [-0.2, -0.15) is 24.2 Å². The lowest BCUT2D eigenvalue weighted by Crippen LogP contribution is -2.54. The van der Waals surface area contributed by atoms with E-state index in [1.54, 1.807) is 23.1 Å². The molecular formula is C26H20F2N8O. The van der Waals surface area contributed by atoms with Crippen molar-refractivity contribution in [3.63, 3.8) is 0 Å². The number of alkyl halides is 2. The number of hydrogen-bond donors (Lipinski definition) is 0. The molecule has 0 N–H and O–H groups in total. The van der Waals surface area contributed by atoms with Crippen LogP contribution in [0, 0.1) is 18.3 Å². The van der Waals surface area contributed by atoms with Gasteiger partial charge in [0.2, 0.25) is 5.88 Å². The van der Waals surface area contributed by atoms with E-state index in [9.17, 15) is 14.0 Å². The summed E-state index contributed by atoms with van der Waals surface area (Å²) >= 11 is 0. The van der Waals surface area contributed by atoms with Crippen molar-refractivity contribution in [2.24, 2.45) is 0 Å². The van der Waals surface area contributed by atoms with E-state index in [0.717, 1.165) is 16.9 Å². The normalized spacial score (nSPS) is 13.6. The van der Waals surface area contributed by atoms with Crippen LogP contribution in [0.2, 0.25) is 0 Å². The molecule has 0 amide bonds. The van der Waals surface area contributed by atoms with E-state index in [2.05, 4.69) is 31.1 Å². The molecule has 0 atom stereocenters. The quantitative estimate of drug-likeness (QED) is 0.340. The second-order valence-corrected chi connectivity index (χ2v) is 8.82. The van der Waals surface area contributed by atoms with E-state index < -0.39 is 6.55 Å².